The number of carboxylic acid groups (broad SMARTS) is 1. The first kappa shape index (κ1) is 17.0. The summed E-state index contributed by atoms with van der Waals surface area (Å²) in [6, 6.07) is 10.7. The van der Waals surface area contributed by atoms with Crippen LogP contribution in [0.1, 0.15) is 17.9 Å². The Balaban J connectivity index is 1.80. The summed E-state index contributed by atoms with van der Waals surface area (Å²) in [6.45, 7) is 0.873. The van der Waals surface area contributed by atoms with Crippen molar-refractivity contribution >= 4 is 28.7 Å². The first-order valence-electron chi connectivity index (χ1n) is 8.38. The summed E-state index contributed by atoms with van der Waals surface area (Å²) < 4.78 is 22.3. The lowest BCUT2D eigenvalue weighted by Gasteiger charge is -2.21. The van der Waals surface area contributed by atoms with Crippen LogP contribution in [-0.4, -0.2) is 31.3 Å². The lowest BCUT2D eigenvalue weighted by atomic mass is 10.1. The monoisotopic (exact) mass is 366 g/mol. The normalized spacial score (nSPS) is 13.6. The lowest BCUT2D eigenvalue weighted by molar-refractivity contribution is -0.304. The molecule has 0 amide bonds. The summed E-state index contributed by atoms with van der Waals surface area (Å²) in [7, 11) is 1.53. The van der Waals surface area contributed by atoms with Crippen molar-refractivity contribution in [3.63, 3.8) is 0 Å². The van der Waals surface area contributed by atoms with Gasteiger partial charge in [0.15, 0.2) is 17.1 Å². The van der Waals surface area contributed by atoms with Crippen LogP contribution in [-0.2, 0) is 4.79 Å². The predicted octanol–water partition coefficient (Wildman–Crippen LogP) is 2.29. The number of aliphatic carboxylic acids is 1. The standard InChI is InChI=1S/C20H17NO6/c1-24-16-9-12(10-17-19(16)26-7-6-25-17)8-13(11-18(22)23)20-21-14-4-2-3-5-15(14)27-20/h2-5,8-10H,6-7,11H2,1H3,(H,22,23)/p-1/b13-8+. The molecule has 2 heterocycles. The van der Waals surface area contributed by atoms with Crippen LogP contribution < -0.4 is 19.3 Å². The number of hydrogen-bond acceptors (Lipinski definition) is 7. The Bertz CT molecular complexity index is 986. The first-order valence-corrected chi connectivity index (χ1v) is 8.38. The molecule has 0 atom stereocenters. The summed E-state index contributed by atoms with van der Waals surface area (Å²) >= 11 is 0. The highest BCUT2D eigenvalue weighted by Gasteiger charge is 2.19. The molecule has 1 aromatic heterocycles. The Labute approximate surface area is 154 Å². The van der Waals surface area contributed by atoms with Gasteiger partial charge in [0, 0.05) is 18.0 Å². The Hall–Kier alpha value is -3.48. The molecule has 7 nitrogen and oxygen atoms in total. The number of fused-ring (bicyclic) bond motifs is 2. The minimum atomic E-state index is -1.23. The Morgan fingerprint density at radius 1 is 1.26 bits per heavy atom. The molecule has 1 aliphatic rings. The van der Waals surface area contributed by atoms with E-state index in [2.05, 4.69) is 4.98 Å². The number of ether oxygens (including phenoxy) is 3. The Morgan fingerprint density at radius 3 is 2.85 bits per heavy atom. The third-order valence-electron chi connectivity index (χ3n) is 4.09. The number of carboxylic acids is 1. The number of carbonyl (C=O) groups is 1. The van der Waals surface area contributed by atoms with Crippen molar-refractivity contribution in [2.75, 3.05) is 20.3 Å². The number of benzene rings is 2. The quantitative estimate of drug-likeness (QED) is 0.684. The zero-order valence-electron chi connectivity index (χ0n) is 14.6. The van der Waals surface area contributed by atoms with E-state index in [1.54, 1.807) is 30.3 Å². The highest BCUT2D eigenvalue weighted by molar-refractivity contribution is 5.90. The van der Waals surface area contributed by atoms with E-state index < -0.39 is 5.97 Å². The van der Waals surface area contributed by atoms with Crippen molar-refractivity contribution in [1.29, 1.82) is 0 Å². The average Bonchev–Trinajstić information content (AvgIpc) is 3.10. The van der Waals surface area contributed by atoms with Crippen LogP contribution in [0.3, 0.4) is 0 Å². The van der Waals surface area contributed by atoms with E-state index in [1.165, 1.54) is 7.11 Å². The molecular formula is C20H16NO6-. The second kappa shape index (κ2) is 7.03. The van der Waals surface area contributed by atoms with Gasteiger partial charge in [0.25, 0.3) is 0 Å². The van der Waals surface area contributed by atoms with E-state index in [1.807, 2.05) is 12.1 Å². The maximum absolute atomic E-state index is 11.3. The smallest absolute Gasteiger partial charge is 0.223 e. The van der Waals surface area contributed by atoms with Gasteiger partial charge in [0.1, 0.15) is 18.7 Å². The molecule has 3 aromatic rings. The van der Waals surface area contributed by atoms with Crippen molar-refractivity contribution in [2.45, 2.75) is 6.42 Å². The number of hydrogen-bond donors (Lipinski definition) is 0. The van der Waals surface area contributed by atoms with Gasteiger partial charge in [-0.05, 0) is 35.9 Å². The molecule has 0 aliphatic carbocycles. The molecule has 0 spiro atoms. The van der Waals surface area contributed by atoms with Gasteiger partial charge in [0.2, 0.25) is 11.6 Å². The first-order chi connectivity index (χ1) is 13.1. The maximum atomic E-state index is 11.3. The summed E-state index contributed by atoms with van der Waals surface area (Å²) in [6.07, 6.45) is 1.32. The molecule has 0 saturated heterocycles. The molecule has 7 heteroatoms. The fourth-order valence-corrected chi connectivity index (χ4v) is 2.93. The van der Waals surface area contributed by atoms with Crippen molar-refractivity contribution in [2.24, 2.45) is 0 Å². The molecule has 138 valence electrons. The number of rotatable bonds is 5. The van der Waals surface area contributed by atoms with Crippen LogP contribution >= 0.6 is 0 Å². The van der Waals surface area contributed by atoms with Crippen LogP contribution in [0.4, 0.5) is 0 Å². The summed E-state index contributed by atoms with van der Waals surface area (Å²) in [5.74, 6) is 0.576. The highest BCUT2D eigenvalue weighted by atomic mass is 16.6. The van der Waals surface area contributed by atoms with Crippen LogP contribution in [0.25, 0.3) is 22.7 Å². The van der Waals surface area contributed by atoms with Gasteiger partial charge in [-0.1, -0.05) is 12.1 Å². The van der Waals surface area contributed by atoms with Gasteiger partial charge >= 0.3 is 0 Å². The van der Waals surface area contributed by atoms with E-state index in [-0.39, 0.29) is 12.3 Å². The van der Waals surface area contributed by atoms with Gasteiger partial charge in [-0.15, -0.1) is 0 Å². The largest absolute Gasteiger partial charge is 0.550 e. The minimum Gasteiger partial charge on any atom is -0.550 e. The van der Waals surface area contributed by atoms with Gasteiger partial charge in [-0.2, -0.15) is 0 Å². The maximum Gasteiger partial charge on any atom is 0.223 e. The van der Waals surface area contributed by atoms with Crippen molar-refractivity contribution in [1.82, 2.24) is 4.98 Å². The van der Waals surface area contributed by atoms with Gasteiger partial charge in [-0.3, -0.25) is 0 Å². The van der Waals surface area contributed by atoms with E-state index >= 15 is 0 Å². The van der Waals surface area contributed by atoms with Gasteiger partial charge < -0.3 is 28.5 Å². The summed E-state index contributed by atoms with van der Waals surface area (Å²) in [5.41, 5.74) is 2.28. The van der Waals surface area contributed by atoms with Crippen LogP contribution in [0, 0.1) is 0 Å². The second-order valence-corrected chi connectivity index (χ2v) is 5.95. The number of oxazole rings is 1. The third kappa shape index (κ3) is 3.44. The molecule has 4 rings (SSSR count). The molecule has 0 bridgehead atoms. The van der Waals surface area contributed by atoms with Crippen LogP contribution in [0.15, 0.2) is 40.8 Å². The van der Waals surface area contributed by atoms with Crippen LogP contribution in [0.5, 0.6) is 17.2 Å². The van der Waals surface area contributed by atoms with Crippen molar-refractivity contribution in [3.05, 3.63) is 47.9 Å². The average molecular weight is 366 g/mol. The molecule has 1 aliphatic heterocycles. The number of nitrogens with zero attached hydrogens (tertiary/aromatic N) is 1. The molecule has 0 N–H and O–H groups in total. The fourth-order valence-electron chi connectivity index (χ4n) is 2.93. The van der Waals surface area contributed by atoms with E-state index in [9.17, 15) is 9.90 Å². The SMILES string of the molecule is COc1cc(/C=C(\CC(=O)[O-])c2nc3ccccc3o2)cc2c1OCCO2. The van der Waals surface area contributed by atoms with Crippen LogP contribution in [0.2, 0.25) is 0 Å². The minimum absolute atomic E-state index is 0.231. The number of carbonyl (C=O) groups excluding carboxylic acids is 1. The number of methoxy groups -OCH3 is 1. The molecule has 2 aromatic carbocycles. The van der Waals surface area contributed by atoms with Crippen molar-refractivity contribution < 1.29 is 28.5 Å². The van der Waals surface area contributed by atoms with E-state index in [0.717, 1.165) is 0 Å². The third-order valence-corrected chi connectivity index (χ3v) is 4.09. The second-order valence-electron chi connectivity index (χ2n) is 5.95. The lowest BCUT2D eigenvalue weighted by Crippen LogP contribution is -2.22. The Kier molecular flexibility index (Phi) is 4.42. The van der Waals surface area contributed by atoms with E-state index in [0.29, 0.717) is 52.7 Å². The molecular weight excluding hydrogens is 350 g/mol. The van der Waals surface area contributed by atoms with Gasteiger partial charge in [0.05, 0.1) is 7.11 Å². The Morgan fingerprint density at radius 2 is 2.07 bits per heavy atom. The number of para-hydroxylation sites is 2. The highest BCUT2D eigenvalue weighted by Crippen LogP contribution is 2.41. The fraction of sp³-hybridized carbons (Fsp3) is 0.200. The zero-order chi connectivity index (χ0) is 18.8. The van der Waals surface area contributed by atoms with Gasteiger partial charge in [-0.25, -0.2) is 4.98 Å². The molecule has 0 unspecified atom stereocenters. The summed E-state index contributed by atoms with van der Waals surface area (Å²) in [4.78, 5) is 15.6. The summed E-state index contributed by atoms with van der Waals surface area (Å²) in [5, 5.41) is 11.3. The predicted molar refractivity (Wildman–Crippen MR) is 95.5 cm³/mol. The van der Waals surface area contributed by atoms with Crippen molar-refractivity contribution in [3.8, 4) is 17.2 Å². The molecule has 27 heavy (non-hydrogen) atoms. The molecule has 0 saturated carbocycles. The number of aromatic nitrogens is 1. The van der Waals surface area contributed by atoms with E-state index in [4.69, 9.17) is 18.6 Å². The topological polar surface area (TPSA) is 93.9 Å². The molecule has 0 radical (unpaired) electrons. The molecule has 0 fully saturated rings. The zero-order valence-corrected chi connectivity index (χ0v) is 14.6.